The predicted molar refractivity (Wildman–Crippen MR) is 69.0 cm³/mol. The van der Waals surface area contributed by atoms with Gasteiger partial charge in [0.15, 0.2) is 5.76 Å². The normalized spacial score (nSPS) is 15.3. The van der Waals surface area contributed by atoms with E-state index < -0.39 is 0 Å². The van der Waals surface area contributed by atoms with Crippen LogP contribution in [0.5, 0.6) is 0 Å². The highest BCUT2D eigenvalue weighted by atomic mass is 32.1. The van der Waals surface area contributed by atoms with Crippen LogP contribution in [0.3, 0.4) is 0 Å². The predicted octanol–water partition coefficient (Wildman–Crippen LogP) is 2.82. The van der Waals surface area contributed by atoms with Gasteiger partial charge in [0.05, 0.1) is 11.4 Å². The van der Waals surface area contributed by atoms with Crippen molar-refractivity contribution in [1.29, 1.82) is 0 Å². The van der Waals surface area contributed by atoms with E-state index in [-0.39, 0.29) is 11.8 Å². The van der Waals surface area contributed by atoms with Crippen molar-refractivity contribution >= 4 is 17.2 Å². The highest BCUT2D eigenvalue weighted by Crippen LogP contribution is 2.27. The van der Waals surface area contributed by atoms with Crippen LogP contribution in [0.4, 0.5) is 0 Å². The molecule has 0 bridgehead atoms. The van der Waals surface area contributed by atoms with Gasteiger partial charge in [-0.15, -0.1) is 11.3 Å². The number of carbonyl (C=O) groups is 1. The summed E-state index contributed by atoms with van der Waals surface area (Å²) in [5.41, 5.74) is 0.770. The third kappa shape index (κ3) is 2.31. The first-order valence-corrected chi connectivity index (χ1v) is 6.98. The SMILES string of the molecule is O=C(NCc1cc(-c2cccs2)on1)C1CCC1. The molecule has 0 atom stereocenters. The molecule has 1 saturated carbocycles. The molecule has 1 aliphatic rings. The number of carbonyl (C=O) groups excluding carboxylic acids is 1. The fraction of sp³-hybridized carbons (Fsp3) is 0.385. The first-order chi connectivity index (χ1) is 8.83. The number of hydrogen-bond donors (Lipinski definition) is 1. The van der Waals surface area contributed by atoms with Gasteiger partial charge in [0.1, 0.15) is 5.69 Å². The van der Waals surface area contributed by atoms with Crippen LogP contribution in [0.2, 0.25) is 0 Å². The van der Waals surface area contributed by atoms with Crippen LogP contribution in [0.25, 0.3) is 10.6 Å². The first-order valence-electron chi connectivity index (χ1n) is 6.10. The number of hydrogen-bond acceptors (Lipinski definition) is 4. The molecule has 1 N–H and O–H groups in total. The van der Waals surface area contributed by atoms with Gasteiger partial charge in [0, 0.05) is 12.0 Å². The molecule has 94 valence electrons. The Morgan fingerprint density at radius 3 is 3.11 bits per heavy atom. The van der Waals surface area contributed by atoms with Crippen molar-refractivity contribution < 1.29 is 9.32 Å². The largest absolute Gasteiger partial charge is 0.355 e. The van der Waals surface area contributed by atoms with Crippen molar-refractivity contribution in [2.24, 2.45) is 5.92 Å². The van der Waals surface area contributed by atoms with Crippen molar-refractivity contribution in [2.45, 2.75) is 25.8 Å². The van der Waals surface area contributed by atoms with E-state index in [1.54, 1.807) is 11.3 Å². The van der Waals surface area contributed by atoms with Gasteiger partial charge in [-0.25, -0.2) is 0 Å². The zero-order valence-electron chi connectivity index (χ0n) is 9.89. The highest BCUT2D eigenvalue weighted by molar-refractivity contribution is 7.13. The van der Waals surface area contributed by atoms with E-state index in [2.05, 4.69) is 10.5 Å². The van der Waals surface area contributed by atoms with E-state index in [1.165, 1.54) is 6.42 Å². The summed E-state index contributed by atoms with van der Waals surface area (Å²) >= 11 is 1.61. The van der Waals surface area contributed by atoms with Gasteiger partial charge >= 0.3 is 0 Å². The summed E-state index contributed by atoms with van der Waals surface area (Å²) in [6.07, 6.45) is 3.21. The second-order valence-electron chi connectivity index (χ2n) is 4.51. The Morgan fingerprint density at radius 2 is 2.44 bits per heavy atom. The molecule has 0 radical (unpaired) electrons. The van der Waals surface area contributed by atoms with Crippen LogP contribution < -0.4 is 5.32 Å². The minimum Gasteiger partial charge on any atom is -0.355 e. The number of nitrogens with one attached hydrogen (secondary N) is 1. The molecule has 1 fully saturated rings. The van der Waals surface area contributed by atoms with Gasteiger partial charge in [-0.1, -0.05) is 17.6 Å². The van der Waals surface area contributed by atoms with Gasteiger partial charge in [-0.2, -0.15) is 0 Å². The smallest absolute Gasteiger partial charge is 0.223 e. The number of aromatic nitrogens is 1. The van der Waals surface area contributed by atoms with Crippen molar-refractivity contribution in [3.05, 3.63) is 29.3 Å². The molecule has 2 aromatic heterocycles. The minimum absolute atomic E-state index is 0.141. The van der Waals surface area contributed by atoms with E-state index in [9.17, 15) is 4.79 Å². The van der Waals surface area contributed by atoms with Crippen LogP contribution in [-0.2, 0) is 11.3 Å². The lowest BCUT2D eigenvalue weighted by Gasteiger charge is -2.23. The quantitative estimate of drug-likeness (QED) is 0.921. The second-order valence-corrected chi connectivity index (χ2v) is 5.45. The van der Waals surface area contributed by atoms with Crippen LogP contribution in [0, 0.1) is 5.92 Å². The molecule has 2 aromatic rings. The number of thiophene rings is 1. The Labute approximate surface area is 109 Å². The second kappa shape index (κ2) is 4.94. The fourth-order valence-corrected chi connectivity index (χ4v) is 2.60. The molecule has 18 heavy (non-hydrogen) atoms. The van der Waals surface area contributed by atoms with Gasteiger partial charge in [0.2, 0.25) is 5.91 Å². The third-order valence-corrected chi connectivity index (χ3v) is 4.13. The van der Waals surface area contributed by atoms with Crippen LogP contribution >= 0.6 is 11.3 Å². The van der Waals surface area contributed by atoms with Gasteiger partial charge in [0.25, 0.3) is 0 Å². The maximum absolute atomic E-state index is 11.7. The maximum atomic E-state index is 11.7. The van der Waals surface area contributed by atoms with Crippen molar-refractivity contribution in [1.82, 2.24) is 10.5 Å². The van der Waals surface area contributed by atoms with Crippen molar-refractivity contribution in [3.63, 3.8) is 0 Å². The molecule has 3 rings (SSSR count). The Morgan fingerprint density at radius 1 is 1.56 bits per heavy atom. The summed E-state index contributed by atoms with van der Waals surface area (Å²) in [4.78, 5) is 12.7. The Bertz CT molecular complexity index is 529. The van der Waals surface area contributed by atoms with Crippen LogP contribution in [0.15, 0.2) is 28.1 Å². The fourth-order valence-electron chi connectivity index (χ4n) is 1.92. The highest BCUT2D eigenvalue weighted by Gasteiger charge is 2.24. The molecule has 0 spiro atoms. The topological polar surface area (TPSA) is 55.1 Å². The van der Waals surface area contributed by atoms with E-state index in [0.717, 1.165) is 29.2 Å². The molecule has 0 aliphatic heterocycles. The standard InChI is InChI=1S/C13H14N2O2S/c16-13(9-3-1-4-9)14-8-10-7-11(17-15-10)12-5-2-6-18-12/h2,5-7,9H,1,3-4,8H2,(H,14,16). The van der Waals surface area contributed by atoms with E-state index in [1.807, 2.05) is 23.6 Å². The van der Waals surface area contributed by atoms with Crippen molar-refractivity contribution in [2.75, 3.05) is 0 Å². The lowest BCUT2D eigenvalue weighted by molar-refractivity contribution is -0.127. The Balaban J connectivity index is 1.58. The molecule has 1 aliphatic carbocycles. The summed E-state index contributed by atoms with van der Waals surface area (Å²) in [7, 11) is 0. The number of rotatable bonds is 4. The summed E-state index contributed by atoms with van der Waals surface area (Å²) in [6.45, 7) is 0.449. The summed E-state index contributed by atoms with van der Waals surface area (Å²) in [5, 5.41) is 8.86. The van der Waals surface area contributed by atoms with Gasteiger partial charge in [-0.3, -0.25) is 4.79 Å². The van der Waals surface area contributed by atoms with Gasteiger partial charge < -0.3 is 9.84 Å². The minimum atomic E-state index is 0.141. The van der Waals surface area contributed by atoms with Crippen LogP contribution in [0.1, 0.15) is 25.0 Å². The number of amides is 1. The molecular weight excluding hydrogens is 248 g/mol. The molecule has 4 nitrogen and oxygen atoms in total. The number of nitrogens with zero attached hydrogens (tertiary/aromatic N) is 1. The van der Waals surface area contributed by atoms with E-state index in [4.69, 9.17) is 4.52 Å². The summed E-state index contributed by atoms with van der Waals surface area (Å²) in [5.74, 6) is 1.12. The summed E-state index contributed by atoms with van der Waals surface area (Å²) in [6, 6.07) is 5.84. The molecule has 0 unspecified atom stereocenters. The molecule has 5 heteroatoms. The maximum Gasteiger partial charge on any atom is 0.223 e. The first kappa shape index (κ1) is 11.5. The lowest BCUT2D eigenvalue weighted by atomic mass is 9.85. The van der Waals surface area contributed by atoms with Crippen molar-refractivity contribution in [3.8, 4) is 10.6 Å². The van der Waals surface area contributed by atoms with E-state index >= 15 is 0 Å². The zero-order chi connectivity index (χ0) is 12.4. The third-order valence-electron chi connectivity index (χ3n) is 3.24. The molecule has 2 heterocycles. The molecular formula is C13H14N2O2S. The lowest BCUT2D eigenvalue weighted by Crippen LogP contribution is -2.34. The molecule has 0 aromatic carbocycles. The monoisotopic (exact) mass is 262 g/mol. The van der Waals surface area contributed by atoms with Crippen LogP contribution in [-0.4, -0.2) is 11.1 Å². The summed E-state index contributed by atoms with van der Waals surface area (Å²) < 4.78 is 5.25. The molecule has 0 saturated heterocycles. The van der Waals surface area contributed by atoms with E-state index in [0.29, 0.717) is 6.54 Å². The molecule has 1 amide bonds. The Hall–Kier alpha value is -1.62. The Kier molecular flexibility index (Phi) is 3.15. The van der Waals surface area contributed by atoms with Gasteiger partial charge in [-0.05, 0) is 24.3 Å². The zero-order valence-corrected chi connectivity index (χ0v) is 10.7. The average Bonchev–Trinajstić information content (AvgIpc) is 2.94. The average molecular weight is 262 g/mol.